The van der Waals surface area contributed by atoms with Crippen LogP contribution in [0.25, 0.3) is 17.2 Å². The molecule has 2 nitrogen and oxygen atoms in total. The van der Waals surface area contributed by atoms with Gasteiger partial charge in [0.05, 0.1) is 6.61 Å². The summed E-state index contributed by atoms with van der Waals surface area (Å²) in [5.41, 5.74) is 2.77. The van der Waals surface area contributed by atoms with Crippen molar-refractivity contribution in [3.8, 4) is 11.1 Å². The van der Waals surface area contributed by atoms with E-state index >= 15 is 0 Å². The fourth-order valence-corrected chi connectivity index (χ4v) is 1.53. The Morgan fingerprint density at radius 1 is 1.18 bits per heavy atom. The number of aromatic nitrogens is 1. The highest BCUT2D eigenvalue weighted by molar-refractivity contribution is 5.65. The summed E-state index contributed by atoms with van der Waals surface area (Å²) >= 11 is 0. The van der Waals surface area contributed by atoms with Gasteiger partial charge in [-0.3, -0.25) is 4.98 Å². The Morgan fingerprint density at radius 2 is 1.94 bits per heavy atom. The third-order valence-corrected chi connectivity index (χ3v) is 2.38. The van der Waals surface area contributed by atoms with Crippen LogP contribution in [0.15, 0.2) is 54.6 Å². The van der Waals surface area contributed by atoms with Crippen molar-refractivity contribution >= 4 is 6.08 Å². The number of aliphatic hydroxyl groups excluding tert-OH is 1. The zero-order valence-electron chi connectivity index (χ0n) is 9.18. The molecule has 0 saturated heterocycles. The molecule has 1 aromatic heterocycles. The molecule has 17 heavy (non-hydrogen) atoms. The molecule has 1 heterocycles. The van der Waals surface area contributed by atoms with Crippen molar-refractivity contribution in [2.45, 2.75) is 0 Å². The minimum atomic E-state index is -0.565. The Kier molecular flexibility index (Phi) is 3.62. The van der Waals surface area contributed by atoms with Gasteiger partial charge in [-0.1, -0.05) is 30.3 Å². The minimum absolute atomic E-state index is 0.542. The second-order valence-electron chi connectivity index (χ2n) is 3.61. The molecule has 0 bridgehead atoms. The molecule has 0 fully saturated rings. The van der Waals surface area contributed by atoms with Crippen molar-refractivity contribution in [3.63, 3.8) is 0 Å². The van der Waals surface area contributed by atoms with Gasteiger partial charge < -0.3 is 5.11 Å². The number of benzene rings is 1. The molecular formula is C14H12FNO. The predicted octanol–water partition coefficient (Wildman–Crippen LogP) is 3.05. The molecule has 0 radical (unpaired) electrons. The van der Waals surface area contributed by atoms with E-state index in [1.165, 1.54) is 6.08 Å². The van der Waals surface area contributed by atoms with Crippen molar-refractivity contribution in [2.24, 2.45) is 0 Å². The van der Waals surface area contributed by atoms with Crippen LogP contribution in [-0.2, 0) is 0 Å². The molecule has 0 unspecified atom stereocenters. The Hall–Kier alpha value is -2.00. The summed E-state index contributed by atoms with van der Waals surface area (Å²) in [6.07, 6.45) is 4.81. The topological polar surface area (TPSA) is 33.1 Å². The lowest BCUT2D eigenvalue weighted by Gasteiger charge is -2.01. The van der Waals surface area contributed by atoms with E-state index in [0.717, 1.165) is 16.7 Å². The number of aliphatic hydroxyl groups is 1. The van der Waals surface area contributed by atoms with Gasteiger partial charge in [-0.25, -0.2) is 4.39 Å². The zero-order chi connectivity index (χ0) is 12.1. The van der Waals surface area contributed by atoms with Crippen LogP contribution >= 0.6 is 0 Å². The molecule has 0 atom stereocenters. The fourth-order valence-electron chi connectivity index (χ4n) is 1.53. The first-order chi connectivity index (χ1) is 8.29. The molecule has 0 aliphatic carbocycles. The summed E-state index contributed by atoms with van der Waals surface area (Å²) < 4.78 is 12.8. The van der Waals surface area contributed by atoms with Crippen LogP contribution in [0.4, 0.5) is 4.39 Å². The SMILES string of the molecule is OCC(F)=Cc1ccc(-c2cccnc2)cc1. The van der Waals surface area contributed by atoms with Gasteiger partial charge in [-0.05, 0) is 28.8 Å². The molecule has 0 aliphatic heterocycles. The van der Waals surface area contributed by atoms with Crippen LogP contribution in [0.3, 0.4) is 0 Å². The van der Waals surface area contributed by atoms with Gasteiger partial charge in [0, 0.05) is 12.4 Å². The van der Waals surface area contributed by atoms with E-state index in [1.54, 1.807) is 24.5 Å². The maximum atomic E-state index is 12.8. The second kappa shape index (κ2) is 5.37. The average molecular weight is 229 g/mol. The molecule has 86 valence electrons. The number of pyridine rings is 1. The van der Waals surface area contributed by atoms with Gasteiger partial charge in [0.15, 0.2) is 0 Å². The van der Waals surface area contributed by atoms with Crippen molar-refractivity contribution in [1.82, 2.24) is 4.98 Å². The summed E-state index contributed by atoms with van der Waals surface area (Å²) in [6.45, 7) is -0.565. The lowest BCUT2D eigenvalue weighted by atomic mass is 10.1. The molecule has 2 aromatic rings. The molecule has 0 amide bonds. The number of halogens is 1. The number of hydrogen-bond acceptors (Lipinski definition) is 2. The largest absolute Gasteiger partial charge is 0.389 e. The maximum absolute atomic E-state index is 12.8. The first-order valence-corrected chi connectivity index (χ1v) is 5.27. The van der Waals surface area contributed by atoms with E-state index in [-0.39, 0.29) is 0 Å². The van der Waals surface area contributed by atoms with Gasteiger partial charge in [0.1, 0.15) is 5.83 Å². The maximum Gasteiger partial charge on any atom is 0.126 e. The first kappa shape index (κ1) is 11.5. The standard InChI is InChI=1S/C14H12FNO/c15-14(10-17)8-11-3-5-12(6-4-11)13-2-1-7-16-9-13/h1-9,17H,10H2. The predicted molar refractivity (Wildman–Crippen MR) is 65.8 cm³/mol. The second-order valence-corrected chi connectivity index (χ2v) is 3.61. The molecular weight excluding hydrogens is 217 g/mol. The number of hydrogen-bond donors (Lipinski definition) is 1. The van der Waals surface area contributed by atoms with E-state index in [9.17, 15) is 4.39 Å². The lowest BCUT2D eigenvalue weighted by molar-refractivity contribution is 0.300. The molecule has 0 spiro atoms. The fraction of sp³-hybridized carbons (Fsp3) is 0.0714. The van der Waals surface area contributed by atoms with Crippen molar-refractivity contribution < 1.29 is 9.50 Å². The van der Waals surface area contributed by atoms with E-state index < -0.39 is 12.4 Å². The molecule has 1 N–H and O–H groups in total. The monoisotopic (exact) mass is 229 g/mol. The van der Waals surface area contributed by atoms with E-state index in [0.29, 0.717) is 0 Å². The summed E-state index contributed by atoms with van der Waals surface area (Å²) in [4.78, 5) is 4.04. The Balaban J connectivity index is 2.25. The van der Waals surface area contributed by atoms with Crippen LogP contribution < -0.4 is 0 Å². The lowest BCUT2D eigenvalue weighted by Crippen LogP contribution is -1.83. The number of rotatable bonds is 3. The third-order valence-electron chi connectivity index (χ3n) is 2.38. The van der Waals surface area contributed by atoms with E-state index in [1.807, 2.05) is 24.3 Å². The summed E-state index contributed by atoms with van der Waals surface area (Å²) in [5.74, 6) is -0.542. The molecule has 3 heteroatoms. The van der Waals surface area contributed by atoms with E-state index in [4.69, 9.17) is 5.11 Å². The highest BCUT2D eigenvalue weighted by atomic mass is 19.1. The van der Waals surface area contributed by atoms with Gasteiger partial charge in [0.2, 0.25) is 0 Å². The van der Waals surface area contributed by atoms with Crippen LogP contribution in [0.1, 0.15) is 5.56 Å². The summed E-state index contributed by atoms with van der Waals surface area (Å²) in [7, 11) is 0. The number of nitrogens with zero attached hydrogens (tertiary/aromatic N) is 1. The van der Waals surface area contributed by atoms with Gasteiger partial charge in [-0.15, -0.1) is 0 Å². The molecule has 2 rings (SSSR count). The first-order valence-electron chi connectivity index (χ1n) is 5.27. The van der Waals surface area contributed by atoms with E-state index in [2.05, 4.69) is 4.98 Å². The van der Waals surface area contributed by atoms with Gasteiger partial charge in [0.25, 0.3) is 0 Å². The molecule has 1 aromatic carbocycles. The Bertz CT molecular complexity index is 506. The van der Waals surface area contributed by atoms with Crippen molar-refractivity contribution in [1.29, 1.82) is 0 Å². The molecule has 0 saturated carbocycles. The quantitative estimate of drug-likeness (QED) is 0.877. The molecule has 0 aliphatic rings. The Labute approximate surface area is 99.1 Å². The minimum Gasteiger partial charge on any atom is -0.389 e. The van der Waals surface area contributed by atoms with Crippen LogP contribution in [-0.4, -0.2) is 16.7 Å². The van der Waals surface area contributed by atoms with Crippen LogP contribution in [0.2, 0.25) is 0 Å². The normalized spacial score (nSPS) is 11.5. The highest BCUT2D eigenvalue weighted by Gasteiger charge is 1.97. The summed E-state index contributed by atoms with van der Waals surface area (Å²) in [6, 6.07) is 11.2. The average Bonchev–Trinajstić information content (AvgIpc) is 2.40. The summed E-state index contributed by atoms with van der Waals surface area (Å²) in [5, 5.41) is 8.58. The van der Waals surface area contributed by atoms with Crippen LogP contribution in [0, 0.1) is 0 Å². The van der Waals surface area contributed by atoms with Crippen LogP contribution in [0.5, 0.6) is 0 Å². The highest BCUT2D eigenvalue weighted by Crippen LogP contribution is 2.19. The zero-order valence-corrected chi connectivity index (χ0v) is 9.18. The van der Waals surface area contributed by atoms with Gasteiger partial charge in [-0.2, -0.15) is 0 Å². The third kappa shape index (κ3) is 2.98. The smallest absolute Gasteiger partial charge is 0.126 e. The Morgan fingerprint density at radius 3 is 2.53 bits per heavy atom. The van der Waals surface area contributed by atoms with Crippen molar-refractivity contribution in [2.75, 3.05) is 6.61 Å². The van der Waals surface area contributed by atoms with Crippen molar-refractivity contribution in [3.05, 3.63) is 60.2 Å². The van der Waals surface area contributed by atoms with Gasteiger partial charge >= 0.3 is 0 Å².